The van der Waals surface area contributed by atoms with E-state index in [1.807, 2.05) is 13.8 Å². The zero-order valence-electron chi connectivity index (χ0n) is 11.5. The SMILES string of the molecule is CNc1cc(Nc2ccc(F)c(Cl)c2)nc(C(C)C)n1. The van der Waals surface area contributed by atoms with Crippen molar-refractivity contribution in [3.63, 3.8) is 0 Å². The summed E-state index contributed by atoms with van der Waals surface area (Å²) in [6.07, 6.45) is 0. The Balaban J connectivity index is 2.32. The fraction of sp³-hybridized carbons (Fsp3) is 0.286. The minimum Gasteiger partial charge on any atom is -0.373 e. The van der Waals surface area contributed by atoms with Crippen LogP contribution in [0.25, 0.3) is 0 Å². The van der Waals surface area contributed by atoms with Gasteiger partial charge in [0.15, 0.2) is 0 Å². The first-order chi connectivity index (χ1) is 9.49. The van der Waals surface area contributed by atoms with Crippen molar-refractivity contribution in [2.75, 3.05) is 17.7 Å². The molecule has 0 aliphatic heterocycles. The molecule has 0 fully saturated rings. The highest BCUT2D eigenvalue weighted by Crippen LogP contribution is 2.24. The Bertz CT molecular complexity index is 616. The van der Waals surface area contributed by atoms with Crippen molar-refractivity contribution in [3.05, 3.63) is 40.9 Å². The predicted molar refractivity (Wildman–Crippen MR) is 80.4 cm³/mol. The van der Waals surface area contributed by atoms with Crippen molar-refractivity contribution in [1.82, 2.24) is 9.97 Å². The van der Waals surface area contributed by atoms with E-state index in [4.69, 9.17) is 11.6 Å². The largest absolute Gasteiger partial charge is 0.373 e. The summed E-state index contributed by atoms with van der Waals surface area (Å²) in [7, 11) is 1.80. The number of nitrogens with one attached hydrogen (secondary N) is 2. The molecule has 2 N–H and O–H groups in total. The fourth-order valence-corrected chi connectivity index (χ4v) is 1.82. The Hall–Kier alpha value is -1.88. The molecule has 20 heavy (non-hydrogen) atoms. The molecule has 1 heterocycles. The van der Waals surface area contributed by atoms with Gasteiger partial charge in [0.1, 0.15) is 23.3 Å². The fourth-order valence-electron chi connectivity index (χ4n) is 1.64. The van der Waals surface area contributed by atoms with Crippen molar-refractivity contribution >= 4 is 28.9 Å². The van der Waals surface area contributed by atoms with Crippen LogP contribution in [0.1, 0.15) is 25.6 Å². The second-order valence-electron chi connectivity index (χ2n) is 4.66. The summed E-state index contributed by atoms with van der Waals surface area (Å²) in [5.41, 5.74) is 0.673. The number of hydrogen-bond donors (Lipinski definition) is 2. The zero-order valence-corrected chi connectivity index (χ0v) is 12.3. The molecule has 0 aliphatic rings. The van der Waals surface area contributed by atoms with Crippen LogP contribution >= 0.6 is 11.6 Å². The summed E-state index contributed by atoms with van der Waals surface area (Å²) in [6, 6.07) is 6.22. The van der Waals surface area contributed by atoms with Gasteiger partial charge in [-0.3, -0.25) is 0 Å². The van der Waals surface area contributed by atoms with Crippen LogP contribution in [0.5, 0.6) is 0 Å². The first-order valence-corrected chi connectivity index (χ1v) is 6.66. The number of anilines is 3. The van der Waals surface area contributed by atoms with E-state index in [0.717, 1.165) is 11.6 Å². The third kappa shape index (κ3) is 3.36. The highest BCUT2D eigenvalue weighted by atomic mass is 35.5. The molecule has 0 unspecified atom stereocenters. The Morgan fingerprint density at radius 1 is 1.15 bits per heavy atom. The Morgan fingerprint density at radius 3 is 2.45 bits per heavy atom. The molecular formula is C14H16ClFN4. The van der Waals surface area contributed by atoms with Gasteiger partial charge < -0.3 is 10.6 Å². The van der Waals surface area contributed by atoms with E-state index in [1.54, 1.807) is 19.2 Å². The van der Waals surface area contributed by atoms with Gasteiger partial charge in [0.05, 0.1) is 5.02 Å². The minimum atomic E-state index is -0.446. The number of aromatic nitrogens is 2. The second kappa shape index (κ2) is 6.05. The zero-order chi connectivity index (χ0) is 14.7. The molecule has 1 aromatic carbocycles. The number of hydrogen-bond acceptors (Lipinski definition) is 4. The maximum atomic E-state index is 13.1. The second-order valence-corrected chi connectivity index (χ2v) is 5.06. The van der Waals surface area contributed by atoms with Crippen LogP contribution in [0.15, 0.2) is 24.3 Å². The van der Waals surface area contributed by atoms with Crippen molar-refractivity contribution in [1.29, 1.82) is 0 Å². The van der Waals surface area contributed by atoms with E-state index in [9.17, 15) is 4.39 Å². The number of rotatable bonds is 4. The highest BCUT2D eigenvalue weighted by Gasteiger charge is 2.08. The van der Waals surface area contributed by atoms with Gasteiger partial charge in [-0.2, -0.15) is 0 Å². The average molecular weight is 295 g/mol. The lowest BCUT2D eigenvalue weighted by Gasteiger charge is -2.11. The van der Waals surface area contributed by atoms with Crippen molar-refractivity contribution in [2.24, 2.45) is 0 Å². The Kier molecular flexibility index (Phi) is 4.39. The molecule has 6 heteroatoms. The smallest absolute Gasteiger partial charge is 0.141 e. The van der Waals surface area contributed by atoms with Gasteiger partial charge in [0, 0.05) is 24.7 Å². The molecule has 0 bridgehead atoms. The number of benzene rings is 1. The maximum absolute atomic E-state index is 13.1. The van der Waals surface area contributed by atoms with Gasteiger partial charge >= 0.3 is 0 Å². The first kappa shape index (κ1) is 14.5. The molecule has 0 spiro atoms. The summed E-state index contributed by atoms with van der Waals surface area (Å²) >= 11 is 5.76. The van der Waals surface area contributed by atoms with Gasteiger partial charge in [-0.05, 0) is 18.2 Å². The third-order valence-corrected chi connectivity index (χ3v) is 3.00. The first-order valence-electron chi connectivity index (χ1n) is 6.28. The van der Waals surface area contributed by atoms with Crippen LogP contribution in [0.4, 0.5) is 21.7 Å². The molecule has 0 aliphatic carbocycles. The van der Waals surface area contributed by atoms with Crippen molar-refractivity contribution in [2.45, 2.75) is 19.8 Å². The Morgan fingerprint density at radius 2 is 1.85 bits per heavy atom. The van der Waals surface area contributed by atoms with Crippen molar-refractivity contribution < 1.29 is 4.39 Å². The molecular weight excluding hydrogens is 279 g/mol. The van der Waals surface area contributed by atoms with Crippen LogP contribution in [0, 0.1) is 5.82 Å². The molecule has 0 radical (unpaired) electrons. The van der Waals surface area contributed by atoms with Gasteiger partial charge in [-0.1, -0.05) is 25.4 Å². The summed E-state index contributed by atoms with van der Waals surface area (Å²) in [4.78, 5) is 8.81. The molecule has 0 saturated carbocycles. The third-order valence-electron chi connectivity index (χ3n) is 2.71. The van der Waals surface area contributed by atoms with E-state index >= 15 is 0 Å². The maximum Gasteiger partial charge on any atom is 0.141 e. The summed E-state index contributed by atoms with van der Waals surface area (Å²) < 4.78 is 13.1. The molecule has 0 atom stereocenters. The lowest BCUT2D eigenvalue weighted by Crippen LogP contribution is -2.05. The van der Waals surface area contributed by atoms with Gasteiger partial charge in [-0.25, -0.2) is 14.4 Å². The van der Waals surface area contributed by atoms with E-state index in [1.165, 1.54) is 12.1 Å². The van der Waals surface area contributed by atoms with Gasteiger partial charge in [0.2, 0.25) is 0 Å². The topological polar surface area (TPSA) is 49.8 Å². The van der Waals surface area contributed by atoms with Crippen LogP contribution in [0.2, 0.25) is 5.02 Å². The van der Waals surface area contributed by atoms with E-state index in [2.05, 4.69) is 20.6 Å². The van der Waals surface area contributed by atoms with Crippen LogP contribution in [-0.4, -0.2) is 17.0 Å². The van der Waals surface area contributed by atoms with Gasteiger partial charge in [-0.15, -0.1) is 0 Å². The van der Waals surface area contributed by atoms with Crippen LogP contribution in [-0.2, 0) is 0 Å². The van der Waals surface area contributed by atoms with E-state index in [0.29, 0.717) is 11.5 Å². The number of nitrogens with zero attached hydrogens (tertiary/aromatic N) is 2. The Labute approximate surface area is 122 Å². The van der Waals surface area contributed by atoms with Gasteiger partial charge in [0.25, 0.3) is 0 Å². The van der Waals surface area contributed by atoms with Crippen LogP contribution in [0.3, 0.4) is 0 Å². The molecule has 2 aromatic rings. The lowest BCUT2D eigenvalue weighted by atomic mass is 10.2. The predicted octanol–water partition coefficient (Wildman–Crippen LogP) is 4.18. The molecule has 106 valence electrons. The highest BCUT2D eigenvalue weighted by molar-refractivity contribution is 6.31. The normalized spacial score (nSPS) is 10.7. The quantitative estimate of drug-likeness (QED) is 0.888. The molecule has 4 nitrogen and oxygen atoms in total. The minimum absolute atomic E-state index is 0.0713. The summed E-state index contributed by atoms with van der Waals surface area (Å²) in [5, 5.41) is 6.16. The average Bonchev–Trinajstić information content (AvgIpc) is 2.42. The molecule has 0 amide bonds. The standard InChI is InChI=1S/C14H16ClFN4/c1-8(2)14-19-12(17-3)7-13(20-14)18-9-4-5-11(16)10(15)6-9/h4-8H,1-3H3,(H2,17,18,19,20). The van der Waals surface area contributed by atoms with E-state index in [-0.39, 0.29) is 10.9 Å². The van der Waals surface area contributed by atoms with Crippen LogP contribution < -0.4 is 10.6 Å². The summed E-state index contributed by atoms with van der Waals surface area (Å²) in [6.45, 7) is 4.04. The van der Waals surface area contributed by atoms with Crippen molar-refractivity contribution in [3.8, 4) is 0 Å². The molecule has 1 aromatic heterocycles. The van der Waals surface area contributed by atoms with E-state index < -0.39 is 5.82 Å². The lowest BCUT2D eigenvalue weighted by molar-refractivity contribution is 0.628. The number of halogens is 2. The monoisotopic (exact) mass is 294 g/mol. The molecule has 2 rings (SSSR count). The summed E-state index contributed by atoms with van der Waals surface area (Å²) in [5.74, 6) is 1.85. The molecule has 0 saturated heterocycles.